The number of amides is 1. The molecular formula is C20H19F3N2O. The lowest BCUT2D eigenvalue weighted by molar-refractivity contribution is -0.127. The van der Waals surface area contributed by atoms with Crippen molar-refractivity contribution in [3.05, 3.63) is 77.1 Å². The summed E-state index contributed by atoms with van der Waals surface area (Å²) in [6.45, 7) is 3.13. The number of benzene rings is 2. The highest BCUT2D eigenvalue weighted by atomic mass is 19.1. The first kappa shape index (κ1) is 18.2. The van der Waals surface area contributed by atoms with Crippen LogP contribution in [0.15, 0.2) is 48.5 Å². The summed E-state index contributed by atoms with van der Waals surface area (Å²) >= 11 is 0. The number of nitrogens with zero attached hydrogens (tertiary/aromatic N) is 2. The topological polar surface area (TPSA) is 23.6 Å². The average molecular weight is 360 g/mol. The molecule has 6 heteroatoms. The van der Waals surface area contributed by atoms with Crippen molar-refractivity contribution in [2.24, 2.45) is 0 Å². The maximum Gasteiger partial charge on any atom is 0.246 e. The van der Waals surface area contributed by atoms with Crippen molar-refractivity contribution >= 4 is 12.0 Å². The fourth-order valence-corrected chi connectivity index (χ4v) is 2.90. The van der Waals surface area contributed by atoms with Crippen LogP contribution in [-0.4, -0.2) is 41.9 Å². The lowest BCUT2D eigenvalue weighted by Crippen LogP contribution is -2.47. The normalized spacial score (nSPS) is 15.6. The van der Waals surface area contributed by atoms with Crippen LogP contribution in [0.4, 0.5) is 13.2 Å². The molecule has 0 saturated carbocycles. The van der Waals surface area contributed by atoms with Gasteiger partial charge in [-0.1, -0.05) is 18.2 Å². The molecule has 0 radical (unpaired) electrons. The number of carbonyl (C=O) groups excluding carboxylic acids is 1. The standard InChI is InChI=1S/C20H19F3N2O/c21-16-6-4-15(5-7-16)14-24-10-12-25(13-11-24)20(26)9-8-17-18(22)2-1-3-19(17)23/h1-9H,10-14H2/b9-8+. The molecule has 1 aliphatic rings. The van der Waals surface area contributed by atoms with Crippen LogP contribution in [0, 0.1) is 17.5 Å². The summed E-state index contributed by atoms with van der Waals surface area (Å²) in [5, 5.41) is 0. The van der Waals surface area contributed by atoms with Crippen molar-refractivity contribution < 1.29 is 18.0 Å². The van der Waals surface area contributed by atoms with Crippen LogP contribution in [0.3, 0.4) is 0 Å². The van der Waals surface area contributed by atoms with E-state index in [2.05, 4.69) is 4.90 Å². The van der Waals surface area contributed by atoms with Crippen molar-refractivity contribution in [3.63, 3.8) is 0 Å². The van der Waals surface area contributed by atoms with Crippen LogP contribution < -0.4 is 0 Å². The molecule has 136 valence electrons. The highest BCUT2D eigenvalue weighted by Crippen LogP contribution is 2.15. The van der Waals surface area contributed by atoms with Crippen LogP contribution in [0.5, 0.6) is 0 Å². The summed E-state index contributed by atoms with van der Waals surface area (Å²) < 4.78 is 40.1. The molecule has 2 aromatic rings. The summed E-state index contributed by atoms with van der Waals surface area (Å²) in [5.74, 6) is -1.92. The molecule has 1 fully saturated rings. The van der Waals surface area contributed by atoms with E-state index < -0.39 is 11.6 Å². The van der Waals surface area contributed by atoms with Gasteiger partial charge in [-0.05, 0) is 35.9 Å². The molecule has 0 bridgehead atoms. The predicted molar refractivity (Wildman–Crippen MR) is 93.6 cm³/mol. The van der Waals surface area contributed by atoms with Gasteiger partial charge in [0.05, 0.1) is 0 Å². The minimum absolute atomic E-state index is 0.212. The van der Waals surface area contributed by atoms with E-state index >= 15 is 0 Å². The summed E-state index contributed by atoms with van der Waals surface area (Å²) in [6, 6.07) is 9.95. The van der Waals surface area contributed by atoms with Gasteiger partial charge in [0, 0.05) is 44.4 Å². The number of rotatable bonds is 4. The first-order valence-electron chi connectivity index (χ1n) is 8.41. The smallest absolute Gasteiger partial charge is 0.246 e. The fraction of sp³-hybridized carbons (Fsp3) is 0.250. The lowest BCUT2D eigenvalue weighted by atomic mass is 10.1. The van der Waals surface area contributed by atoms with Gasteiger partial charge in [-0.15, -0.1) is 0 Å². The second-order valence-corrected chi connectivity index (χ2v) is 6.20. The maximum absolute atomic E-state index is 13.6. The first-order valence-corrected chi connectivity index (χ1v) is 8.41. The Bertz CT molecular complexity index is 777. The molecule has 3 rings (SSSR count). The second-order valence-electron chi connectivity index (χ2n) is 6.20. The summed E-state index contributed by atoms with van der Waals surface area (Å²) in [4.78, 5) is 16.1. The molecule has 1 amide bonds. The largest absolute Gasteiger partial charge is 0.337 e. The first-order chi connectivity index (χ1) is 12.5. The number of halogens is 3. The molecule has 1 aliphatic heterocycles. The van der Waals surface area contributed by atoms with Gasteiger partial charge in [0.2, 0.25) is 5.91 Å². The van der Waals surface area contributed by atoms with Gasteiger partial charge in [0.1, 0.15) is 17.5 Å². The molecule has 26 heavy (non-hydrogen) atoms. The molecule has 3 nitrogen and oxygen atoms in total. The molecule has 0 N–H and O–H groups in total. The molecule has 2 aromatic carbocycles. The summed E-state index contributed by atoms with van der Waals surface area (Å²) in [5.41, 5.74) is 0.803. The van der Waals surface area contributed by atoms with E-state index in [9.17, 15) is 18.0 Å². The summed E-state index contributed by atoms with van der Waals surface area (Å²) in [6.07, 6.45) is 2.38. The number of hydrogen-bond donors (Lipinski definition) is 0. The van der Waals surface area contributed by atoms with Crippen molar-refractivity contribution in [1.29, 1.82) is 0 Å². The van der Waals surface area contributed by atoms with Gasteiger partial charge in [-0.2, -0.15) is 0 Å². The van der Waals surface area contributed by atoms with Crippen molar-refractivity contribution in [2.45, 2.75) is 6.54 Å². The van der Waals surface area contributed by atoms with Gasteiger partial charge in [-0.25, -0.2) is 13.2 Å². The van der Waals surface area contributed by atoms with Gasteiger partial charge >= 0.3 is 0 Å². The fourth-order valence-electron chi connectivity index (χ4n) is 2.90. The Morgan fingerprint density at radius 1 is 0.923 bits per heavy atom. The second kappa shape index (κ2) is 8.19. The predicted octanol–water partition coefficient (Wildman–Crippen LogP) is 3.46. The quantitative estimate of drug-likeness (QED) is 0.780. The van der Waals surface area contributed by atoms with Gasteiger partial charge < -0.3 is 4.90 Å². The Morgan fingerprint density at radius 2 is 1.54 bits per heavy atom. The lowest BCUT2D eigenvalue weighted by Gasteiger charge is -2.34. The summed E-state index contributed by atoms with van der Waals surface area (Å²) in [7, 11) is 0. The monoisotopic (exact) mass is 360 g/mol. The van der Waals surface area contributed by atoms with Crippen LogP contribution in [0.25, 0.3) is 6.08 Å². The zero-order valence-electron chi connectivity index (χ0n) is 14.2. The Morgan fingerprint density at radius 3 is 2.15 bits per heavy atom. The van der Waals surface area contributed by atoms with Gasteiger partial charge in [0.15, 0.2) is 0 Å². The van der Waals surface area contributed by atoms with E-state index in [0.717, 1.165) is 17.7 Å². The number of hydrogen-bond acceptors (Lipinski definition) is 2. The van der Waals surface area contributed by atoms with Gasteiger partial charge in [0.25, 0.3) is 0 Å². The van der Waals surface area contributed by atoms with Crippen LogP contribution in [0.1, 0.15) is 11.1 Å². The highest BCUT2D eigenvalue weighted by molar-refractivity contribution is 5.91. The SMILES string of the molecule is O=C(/C=C/c1c(F)cccc1F)N1CCN(Cc2ccc(F)cc2)CC1. The third-order valence-electron chi connectivity index (χ3n) is 4.40. The van der Waals surface area contributed by atoms with E-state index in [1.165, 1.54) is 30.4 Å². The van der Waals surface area contributed by atoms with Crippen LogP contribution in [-0.2, 0) is 11.3 Å². The molecule has 0 aromatic heterocycles. The Kier molecular flexibility index (Phi) is 5.73. The molecule has 0 aliphatic carbocycles. The van der Waals surface area contributed by atoms with E-state index in [4.69, 9.17) is 0 Å². The Balaban J connectivity index is 1.53. The Labute approximate surface area is 150 Å². The number of piperazine rings is 1. The zero-order chi connectivity index (χ0) is 18.5. The van der Waals surface area contributed by atoms with Crippen LogP contribution in [0.2, 0.25) is 0 Å². The minimum Gasteiger partial charge on any atom is -0.337 e. The minimum atomic E-state index is -0.696. The van der Waals surface area contributed by atoms with Crippen molar-refractivity contribution in [1.82, 2.24) is 9.80 Å². The third kappa shape index (κ3) is 4.52. The van der Waals surface area contributed by atoms with Crippen molar-refractivity contribution in [2.75, 3.05) is 26.2 Å². The zero-order valence-corrected chi connectivity index (χ0v) is 14.2. The van der Waals surface area contributed by atoms with Gasteiger partial charge in [-0.3, -0.25) is 9.69 Å². The van der Waals surface area contributed by atoms with E-state index in [-0.39, 0.29) is 17.3 Å². The molecule has 0 atom stereocenters. The van der Waals surface area contributed by atoms with E-state index in [0.29, 0.717) is 32.7 Å². The molecule has 0 spiro atoms. The average Bonchev–Trinajstić information content (AvgIpc) is 2.64. The Hall–Kier alpha value is -2.60. The maximum atomic E-state index is 13.6. The van der Waals surface area contributed by atoms with Crippen LogP contribution >= 0.6 is 0 Å². The molecular weight excluding hydrogens is 341 g/mol. The van der Waals surface area contributed by atoms with Crippen molar-refractivity contribution in [3.8, 4) is 0 Å². The molecule has 0 unspecified atom stereocenters. The molecule has 1 heterocycles. The van der Waals surface area contributed by atoms with E-state index in [1.54, 1.807) is 17.0 Å². The van der Waals surface area contributed by atoms with E-state index in [1.807, 2.05) is 0 Å². The third-order valence-corrected chi connectivity index (χ3v) is 4.40. The molecule has 1 saturated heterocycles. The number of carbonyl (C=O) groups is 1. The highest BCUT2D eigenvalue weighted by Gasteiger charge is 2.19.